The minimum absolute atomic E-state index is 0.198. The first-order valence-corrected chi connectivity index (χ1v) is 6.69. The number of rotatable bonds is 3. The van der Waals surface area contributed by atoms with Gasteiger partial charge >= 0.3 is 0 Å². The summed E-state index contributed by atoms with van der Waals surface area (Å²) in [6, 6.07) is 1.97. The Balaban J connectivity index is 1.92. The SMILES string of the molecule is Cc1cc(C2CC2)nc(N(C)C2(O)C=CN=C(F)C2)n1. The van der Waals surface area contributed by atoms with Crippen molar-refractivity contribution in [2.75, 3.05) is 11.9 Å². The van der Waals surface area contributed by atoms with Crippen molar-refractivity contribution in [1.82, 2.24) is 9.97 Å². The zero-order chi connectivity index (χ0) is 14.3. The molecule has 20 heavy (non-hydrogen) atoms. The second-order valence-corrected chi connectivity index (χ2v) is 5.44. The summed E-state index contributed by atoms with van der Waals surface area (Å²) in [6.45, 7) is 1.90. The smallest absolute Gasteiger partial charge is 0.228 e. The van der Waals surface area contributed by atoms with Crippen molar-refractivity contribution in [1.29, 1.82) is 0 Å². The lowest BCUT2D eigenvalue weighted by molar-refractivity contribution is 0.0940. The molecule has 106 valence electrons. The molecule has 1 aliphatic heterocycles. The van der Waals surface area contributed by atoms with Crippen LogP contribution in [0.5, 0.6) is 0 Å². The highest BCUT2D eigenvalue weighted by molar-refractivity contribution is 5.78. The fourth-order valence-electron chi connectivity index (χ4n) is 2.28. The molecule has 1 aromatic rings. The first-order valence-electron chi connectivity index (χ1n) is 6.69. The minimum Gasteiger partial charge on any atom is -0.367 e. The van der Waals surface area contributed by atoms with Gasteiger partial charge in [0.1, 0.15) is 0 Å². The summed E-state index contributed by atoms with van der Waals surface area (Å²) in [5.74, 6) is 0.310. The van der Waals surface area contributed by atoms with E-state index in [0.717, 1.165) is 24.2 Å². The summed E-state index contributed by atoms with van der Waals surface area (Å²) in [5.41, 5.74) is 0.374. The van der Waals surface area contributed by atoms with Gasteiger partial charge in [0.25, 0.3) is 0 Å². The van der Waals surface area contributed by atoms with Crippen LogP contribution in [0.2, 0.25) is 0 Å². The van der Waals surface area contributed by atoms with Gasteiger partial charge < -0.3 is 10.0 Å². The largest absolute Gasteiger partial charge is 0.367 e. The van der Waals surface area contributed by atoms with Gasteiger partial charge in [-0.1, -0.05) is 0 Å². The number of hydrogen-bond acceptors (Lipinski definition) is 5. The van der Waals surface area contributed by atoms with Gasteiger partial charge in [-0.25, -0.2) is 15.0 Å². The molecule has 2 aliphatic rings. The van der Waals surface area contributed by atoms with Crippen LogP contribution in [0.25, 0.3) is 0 Å². The van der Waals surface area contributed by atoms with Gasteiger partial charge in [-0.3, -0.25) is 0 Å². The summed E-state index contributed by atoms with van der Waals surface area (Å²) in [4.78, 5) is 13.9. The van der Waals surface area contributed by atoms with Crippen molar-refractivity contribution in [2.45, 2.75) is 37.8 Å². The molecule has 1 fully saturated rings. The van der Waals surface area contributed by atoms with Gasteiger partial charge in [0, 0.05) is 30.6 Å². The molecule has 0 bridgehead atoms. The Morgan fingerprint density at radius 2 is 2.15 bits per heavy atom. The topological polar surface area (TPSA) is 61.6 Å². The van der Waals surface area contributed by atoms with Crippen LogP contribution in [0.15, 0.2) is 23.3 Å². The molecule has 1 aromatic heterocycles. The normalized spacial score (nSPS) is 25.5. The van der Waals surface area contributed by atoms with E-state index in [0.29, 0.717) is 11.9 Å². The van der Waals surface area contributed by atoms with E-state index in [2.05, 4.69) is 15.0 Å². The van der Waals surface area contributed by atoms with E-state index >= 15 is 0 Å². The molecule has 0 aromatic carbocycles. The molecule has 1 atom stereocenters. The number of halogens is 1. The van der Waals surface area contributed by atoms with Gasteiger partial charge in [0.15, 0.2) is 11.7 Å². The highest BCUT2D eigenvalue weighted by Crippen LogP contribution is 2.39. The Labute approximate surface area is 116 Å². The first kappa shape index (κ1) is 13.2. The summed E-state index contributed by atoms with van der Waals surface area (Å²) >= 11 is 0. The number of likely N-dealkylation sites (N-methyl/N-ethyl adjacent to an activating group) is 1. The third-order valence-electron chi connectivity index (χ3n) is 3.70. The molecule has 0 saturated heterocycles. The fraction of sp³-hybridized carbons (Fsp3) is 0.500. The quantitative estimate of drug-likeness (QED) is 0.859. The molecule has 0 spiro atoms. The van der Waals surface area contributed by atoms with E-state index in [4.69, 9.17) is 0 Å². The molecule has 1 aliphatic carbocycles. The zero-order valence-corrected chi connectivity index (χ0v) is 11.5. The average molecular weight is 276 g/mol. The Bertz CT molecular complexity index is 597. The van der Waals surface area contributed by atoms with E-state index in [1.54, 1.807) is 7.05 Å². The number of aryl methyl sites for hydroxylation is 1. The van der Waals surface area contributed by atoms with Crippen molar-refractivity contribution < 1.29 is 9.50 Å². The third kappa shape index (κ3) is 2.43. The van der Waals surface area contributed by atoms with Crippen LogP contribution >= 0.6 is 0 Å². The Hall–Kier alpha value is -1.82. The molecule has 1 unspecified atom stereocenters. The van der Waals surface area contributed by atoms with E-state index in [1.165, 1.54) is 17.2 Å². The predicted octanol–water partition coefficient (Wildman–Crippen LogP) is 2.07. The highest BCUT2D eigenvalue weighted by Gasteiger charge is 2.35. The van der Waals surface area contributed by atoms with Crippen LogP contribution in [0.1, 0.15) is 36.6 Å². The van der Waals surface area contributed by atoms with Crippen molar-refractivity contribution in [3.8, 4) is 0 Å². The van der Waals surface area contributed by atoms with Crippen LogP contribution in [-0.4, -0.2) is 33.8 Å². The second kappa shape index (κ2) is 4.63. The van der Waals surface area contributed by atoms with Gasteiger partial charge in [0.2, 0.25) is 5.95 Å². The van der Waals surface area contributed by atoms with E-state index in [9.17, 15) is 9.50 Å². The van der Waals surface area contributed by atoms with E-state index < -0.39 is 11.7 Å². The molecular weight excluding hydrogens is 259 g/mol. The van der Waals surface area contributed by atoms with Crippen molar-refractivity contribution in [3.05, 3.63) is 29.7 Å². The lowest BCUT2D eigenvalue weighted by Gasteiger charge is -2.35. The van der Waals surface area contributed by atoms with Crippen LogP contribution in [0.3, 0.4) is 0 Å². The molecule has 3 rings (SSSR count). The van der Waals surface area contributed by atoms with Crippen LogP contribution in [0, 0.1) is 6.92 Å². The maximum atomic E-state index is 13.3. The van der Waals surface area contributed by atoms with Crippen LogP contribution < -0.4 is 4.90 Å². The Morgan fingerprint density at radius 3 is 2.80 bits per heavy atom. The minimum atomic E-state index is -1.47. The van der Waals surface area contributed by atoms with Crippen molar-refractivity contribution in [3.63, 3.8) is 0 Å². The molecule has 1 saturated carbocycles. The Kier molecular flexibility index (Phi) is 3.05. The van der Waals surface area contributed by atoms with Gasteiger partial charge in [-0.15, -0.1) is 0 Å². The molecule has 0 amide bonds. The first-order chi connectivity index (χ1) is 9.48. The van der Waals surface area contributed by atoms with Crippen molar-refractivity contribution >= 4 is 11.9 Å². The molecule has 5 nitrogen and oxygen atoms in total. The van der Waals surface area contributed by atoms with Gasteiger partial charge in [-0.05, 0) is 31.9 Å². The molecule has 6 heteroatoms. The number of aliphatic imine (C=N–C) groups is 1. The highest BCUT2D eigenvalue weighted by atomic mass is 19.1. The summed E-state index contributed by atoms with van der Waals surface area (Å²) in [5, 5.41) is 10.5. The van der Waals surface area contributed by atoms with E-state index in [1.807, 2.05) is 13.0 Å². The summed E-state index contributed by atoms with van der Waals surface area (Å²) in [7, 11) is 1.66. The molecule has 2 heterocycles. The Morgan fingerprint density at radius 1 is 1.40 bits per heavy atom. The van der Waals surface area contributed by atoms with Crippen molar-refractivity contribution in [2.24, 2.45) is 4.99 Å². The van der Waals surface area contributed by atoms with Crippen LogP contribution in [-0.2, 0) is 0 Å². The third-order valence-corrected chi connectivity index (χ3v) is 3.70. The second-order valence-electron chi connectivity index (χ2n) is 5.44. The standard InChI is InChI=1S/C14H17FN4O/c1-9-7-11(10-3-4-10)18-13(17-9)19(2)14(20)5-6-16-12(15)8-14/h5-7,10,20H,3-4,8H2,1-2H3. The number of aromatic nitrogens is 2. The van der Waals surface area contributed by atoms with Gasteiger partial charge in [0.05, 0.1) is 6.42 Å². The average Bonchev–Trinajstić information content (AvgIpc) is 3.21. The number of nitrogens with zero attached hydrogens (tertiary/aromatic N) is 4. The lowest BCUT2D eigenvalue weighted by atomic mass is 10.1. The number of aliphatic hydroxyl groups is 1. The fourth-order valence-corrected chi connectivity index (χ4v) is 2.28. The number of anilines is 1. The molecule has 0 radical (unpaired) electrons. The molecule has 1 N–H and O–H groups in total. The summed E-state index contributed by atoms with van der Waals surface area (Å²) < 4.78 is 13.3. The van der Waals surface area contributed by atoms with Crippen LogP contribution in [0.4, 0.5) is 10.3 Å². The predicted molar refractivity (Wildman–Crippen MR) is 74.4 cm³/mol. The monoisotopic (exact) mass is 276 g/mol. The maximum absolute atomic E-state index is 13.3. The zero-order valence-electron chi connectivity index (χ0n) is 11.5. The van der Waals surface area contributed by atoms with Gasteiger partial charge in [-0.2, -0.15) is 4.39 Å². The maximum Gasteiger partial charge on any atom is 0.228 e. The van der Waals surface area contributed by atoms with E-state index in [-0.39, 0.29) is 6.42 Å². The molecular formula is C14H17FN4O. The number of hydrogen-bond donors (Lipinski definition) is 1. The lowest BCUT2D eigenvalue weighted by Crippen LogP contribution is -2.48. The summed E-state index contributed by atoms with van der Waals surface area (Å²) in [6.07, 6.45) is 4.82.